The molecule has 176 valence electrons. The lowest BCUT2D eigenvalue weighted by atomic mass is 10.1. The number of ether oxygens (including phenoxy) is 1. The Balaban J connectivity index is 1.86. The minimum absolute atomic E-state index is 0.0531. The molecular weight excluding hydrogens is 458 g/mol. The second-order valence-corrected chi connectivity index (χ2v) is 9.76. The number of thiophene rings is 1. The number of hydrogen-bond donors (Lipinski definition) is 1. The third-order valence-electron chi connectivity index (χ3n) is 5.43. The molecule has 0 saturated carbocycles. The number of para-hydroxylation sites is 1. The van der Waals surface area contributed by atoms with E-state index in [9.17, 15) is 14.4 Å². The molecule has 3 rings (SSSR count). The first-order chi connectivity index (χ1) is 15.8. The Morgan fingerprint density at radius 1 is 1.24 bits per heavy atom. The predicted molar refractivity (Wildman–Crippen MR) is 135 cm³/mol. The van der Waals surface area contributed by atoms with E-state index in [4.69, 9.17) is 4.74 Å². The highest BCUT2D eigenvalue weighted by atomic mass is 32.2. The van der Waals surface area contributed by atoms with E-state index < -0.39 is 5.97 Å². The van der Waals surface area contributed by atoms with Gasteiger partial charge in [-0.2, -0.15) is 0 Å². The molecule has 9 heteroatoms. The van der Waals surface area contributed by atoms with Crippen molar-refractivity contribution in [1.82, 2.24) is 9.55 Å². The Morgan fingerprint density at radius 2 is 1.97 bits per heavy atom. The van der Waals surface area contributed by atoms with E-state index >= 15 is 0 Å². The molecule has 2 aromatic heterocycles. The van der Waals surface area contributed by atoms with E-state index in [2.05, 4.69) is 10.3 Å². The van der Waals surface area contributed by atoms with E-state index in [1.807, 2.05) is 39.8 Å². The number of benzene rings is 1. The van der Waals surface area contributed by atoms with Crippen molar-refractivity contribution in [1.29, 1.82) is 0 Å². The number of rotatable bonds is 9. The fourth-order valence-electron chi connectivity index (χ4n) is 3.60. The van der Waals surface area contributed by atoms with Crippen LogP contribution in [0.3, 0.4) is 0 Å². The number of anilines is 1. The van der Waals surface area contributed by atoms with Crippen molar-refractivity contribution in [3.63, 3.8) is 0 Å². The summed E-state index contributed by atoms with van der Waals surface area (Å²) in [7, 11) is 0. The number of nitrogens with zero attached hydrogens (tertiary/aromatic N) is 2. The van der Waals surface area contributed by atoms with Crippen LogP contribution in [-0.4, -0.2) is 33.8 Å². The summed E-state index contributed by atoms with van der Waals surface area (Å²) in [6.07, 6.45) is 1.43. The Hall–Kier alpha value is -2.65. The average Bonchev–Trinajstić information content (AvgIpc) is 3.12. The van der Waals surface area contributed by atoms with Gasteiger partial charge in [0.1, 0.15) is 5.00 Å². The van der Waals surface area contributed by atoms with Gasteiger partial charge in [0.25, 0.3) is 5.56 Å². The van der Waals surface area contributed by atoms with E-state index in [0.29, 0.717) is 33.0 Å². The number of hydrogen-bond acceptors (Lipinski definition) is 7. The van der Waals surface area contributed by atoms with Crippen LogP contribution in [0.1, 0.15) is 61.0 Å². The van der Waals surface area contributed by atoms with Crippen molar-refractivity contribution in [2.45, 2.75) is 58.7 Å². The summed E-state index contributed by atoms with van der Waals surface area (Å²) >= 11 is 2.59. The van der Waals surface area contributed by atoms with Crippen LogP contribution in [0.25, 0.3) is 10.9 Å². The number of aromatic nitrogens is 2. The van der Waals surface area contributed by atoms with E-state index in [-0.39, 0.29) is 29.9 Å². The van der Waals surface area contributed by atoms with Crippen molar-refractivity contribution in [3.05, 3.63) is 50.6 Å². The molecule has 3 aromatic rings. The van der Waals surface area contributed by atoms with Crippen LogP contribution in [0, 0.1) is 6.92 Å². The molecule has 1 N–H and O–H groups in total. The number of fused-ring (bicyclic) bond motifs is 1. The molecule has 7 nitrogen and oxygen atoms in total. The zero-order valence-corrected chi connectivity index (χ0v) is 21.2. The number of amides is 1. The molecule has 0 fully saturated rings. The number of carbonyl (C=O) groups is 2. The van der Waals surface area contributed by atoms with Crippen molar-refractivity contribution < 1.29 is 14.3 Å². The van der Waals surface area contributed by atoms with Gasteiger partial charge in [-0.1, -0.05) is 37.7 Å². The van der Waals surface area contributed by atoms with Crippen LogP contribution in [0.5, 0.6) is 0 Å². The van der Waals surface area contributed by atoms with Crippen molar-refractivity contribution in [2.75, 3.05) is 17.7 Å². The summed E-state index contributed by atoms with van der Waals surface area (Å²) in [5, 5.41) is 4.44. The van der Waals surface area contributed by atoms with Gasteiger partial charge in [-0.3, -0.25) is 14.2 Å². The topological polar surface area (TPSA) is 90.3 Å². The normalized spacial score (nSPS) is 12.0. The summed E-state index contributed by atoms with van der Waals surface area (Å²) in [5.41, 5.74) is 1.82. The molecule has 0 bridgehead atoms. The molecule has 2 heterocycles. The van der Waals surface area contributed by atoms with Gasteiger partial charge in [0.2, 0.25) is 5.91 Å². The van der Waals surface area contributed by atoms with Crippen molar-refractivity contribution >= 4 is 50.9 Å². The van der Waals surface area contributed by atoms with Crippen molar-refractivity contribution in [3.8, 4) is 0 Å². The molecule has 33 heavy (non-hydrogen) atoms. The van der Waals surface area contributed by atoms with Crippen LogP contribution in [0.4, 0.5) is 5.00 Å². The molecule has 0 radical (unpaired) electrons. The quantitative estimate of drug-likeness (QED) is 0.253. The van der Waals surface area contributed by atoms with Crippen LogP contribution in [-0.2, 0) is 16.0 Å². The van der Waals surface area contributed by atoms with Gasteiger partial charge in [-0.25, -0.2) is 9.78 Å². The zero-order chi connectivity index (χ0) is 24.1. The molecule has 1 atom stereocenters. The number of nitrogens with one attached hydrogen (secondary N) is 1. The van der Waals surface area contributed by atoms with Gasteiger partial charge in [0, 0.05) is 10.9 Å². The van der Waals surface area contributed by atoms with E-state index in [1.165, 1.54) is 23.1 Å². The third-order valence-corrected chi connectivity index (χ3v) is 7.45. The minimum Gasteiger partial charge on any atom is -0.462 e. The molecule has 1 unspecified atom stereocenters. The summed E-state index contributed by atoms with van der Waals surface area (Å²) in [5.74, 6) is -0.641. The van der Waals surface area contributed by atoms with Gasteiger partial charge >= 0.3 is 5.97 Å². The fourth-order valence-corrected chi connectivity index (χ4v) is 5.65. The lowest BCUT2D eigenvalue weighted by molar-refractivity contribution is -0.113. The highest BCUT2D eigenvalue weighted by Gasteiger charge is 2.24. The standard InChI is InChI=1S/C24H29N3O4S2/c1-6-14(4)27-22(29)17-11-9-10-12-18(17)25-24(27)32-13-19(28)26-21-20(23(30)31-8-3)16(7-2)15(5)33-21/h9-12,14H,6-8,13H2,1-5H3,(H,26,28). The smallest absolute Gasteiger partial charge is 0.341 e. The lowest BCUT2D eigenvalue weighted by Gasteiger charge is -2.18. The third kappa shape index (κ3) is 5.30. The first-order valence-corrected chi connectivity index (χ1v) is 12.9. The van der Waals surface area contributed by atoms with Crippen LogP contribution in [0.2, 0.25) is 0 Å². The number of carbonyl (C=O) groups excluding carboxylic acids is 2. The summed E-state index contributed by atoms with van der Waals surface area (Å²) in [6, 6.07) is 7.18. The molecular formula is C24H29N3O4S2. The molecule has 0 aliphatic rings. The maximum absolute atomic E-state index is 13.1. The Kier molecular flexibility index (Phi) is 8.31. The minimum atomic E-state index is -0.427. The first-order valence-electron chi connectivity index (χ1n) is 11.1. The molecule has 0 spiro atoms. The Morgan fingerprint density at radius 3 is 2.64 bits per heavy atom. The molecule has 1 amide bonds. The lowest BCUT2D eigenvalue weighted by Crippen LogP contribution is -2.26. The summed E-state index contributed by atoms with van der Waals surface area (Å²) in [4.78, 5) is 44.1. The summed E-state index contributed by atoms with van der Waals surface area (Å²) in [6.45, 7) is 9.90. The molecule has 0 aliphatic heterocycles. The number of aryl methyl sites for hydroxylation is 1. The zero-order valence-electron chi connectivity index (χ0n) is 19.6. The predicted octanol–water partition coefficient (Wildman–Crippen LogP) is 5.21. The maximum atomic E-state index is 13.1. The van der Waals surface area contributed by atoms with E-state index in [0.717, 1.165) is 16.9 Å². The van der Waals surface area contributed by atoms with Gasteiger partial charge in [-0.05, 0) is 51.3 Å². The van der Waals surface area contributed by atoms with Crippen molar-refractivity contribution in [2.24, 2.45) is 0 Å². The first kappa shape index (κ1) is 25.0. The van der Waals surface area contributed by atoms with Crippen LogP contribution < -0.4 is 10.9 Å². The summed E-state index contributed by atoms with van der Waals surface area (Å²) < 4.78 is 6.87. The number of esters is 1. The van der Waals surface area contributed by atoms with Gasteiger partial charge in [-0.15, -0.1) is 11.3 Å². The second kappa shape index (κ2) is 11.0. The molecule has 1 aromatic carbocycles. The van der Waals surface area contributed by atoms with Gasteiger partial charge in [0.05, 0.1) is 28.8 Å². The molecule has 0 saturated heterocycles. The highest BCUT2D eigenvalue weighted by molar-refractivity contribution is 7.99. The molecule has 0 aliphatic carbocycles. The second-order valence-electron chi connectivity index (χ2n) is 7.60. The SMILES string of the molecule is CCOC(=O)c1c(NC(=O)CSc2nc3ccccc3c(=O)n2C(C)CC)sc(C)c1CC. The number of thioether (sulfide) groups is 1. The van der Waals surface area contributed by atoms with Crippen LogP contribution in [0.15, 0.2) is 34.2 Å². The highest BCUT2D eigenvalue weighted by Crippen LogP contribution is 2.34. The maximum Gasteiger partial charge on any atom is 0.341 e. The Bertz CT molecular complexity index is 1230. The average molecular weight is 488 g/mol. The van der Waals surface area contributed by atoms with E-state index in [1.54, 1.807) is 23.6 Å². The van der Waals surface area contributed by atoms with Crippen LogP contribution >= 0.6 is 23.1 Å². The van der Waals surface area contributed by atoms with Gasteiger partial charge < -0.3 is 10.1 Å². The van der Waals surface area contributed by atoms with Gasteiger partial charge in [0.15, 0.2) is 5.16 Å². The monoisotopic (exact) mass is 487 g/mol. The Labute approximate surface area is 201 Å². The fraction of sp³-hybridized carbons (Fsp3) is 0.417. The largest absolute Gasteiger partial charge is 0.462 e.